The number of hydrazone groups is 1. The number of anilines is 1. The van der Waals surface area contributed by atoms with Gasteiger partial charge in [0.25, 0.3) is 5.91 Å². The molecule has 1 fully saturated rings. The van der Waals surface area contributed by atoms with Crippen LogP contribution in [0.4, 0.5) is 5.69 Å². The number of Topliss-reactive ketones (excluding diaryl/α,β-unsaturated/α-hetero) is 1. The van der Waals surface area contributed by atoms with Crippen molar-refractivity contribution in [2.75, 3.05) is 44.8 Å². The van der Waals surface area contributed by atoms with Gasteiger partial charge in [0.2, 0.25) is 10.0 Å². The van der Waals surface area contributed by atoms with Crippen molar-refractivity contribution < 1.29 is 27.5 Å². The minimum Gasteiger partial charge on any atom is -0.466 e. The van der Waals surface area contributed by atoms with Gasteiger partial charge in [0.15, 0.2) is 0 Å². The van der Waals surface area contributed by atoms with Gasteiger partial charge in [-0.05, 0) is 52.1 Å². The summed E-state index contributed by atoms with van der Waals surface area (Å²) in [5, 5.41) is 5.49. The van der Waals surface area contributed by atoms with Gasteiger partial charge in [-0.25, -0.2) is 13.4 Å². The predicted molar refractivity (Wildman–Crippen MR) is 120 cm³/mol. The Labute approximate surface area is 188 Å². The van der Waals surface area contributed by atoms with Crippen molar-refractivity contribution in [1.29, 1.82) is 0 Å². The van der Waals surface area contributed by atoms with E-state index in [1.165, 1.54) is 16.2 Å². The highest BCUT2D eigenvalue weighted by Crippen LogP contribution is 2.24. The molecule has 176 valence electrons. The molecular weight excluding hydrogens is 436 g/mol. The first kappa shape index (κ1) is 25.6. The van der Waals surface area contributed by atoms with Gasteiger partial charge in [-0.3, -0.25) is 14.4 Å². The van der Waals surface area contributed by atoms with E-state index in [4.69, 9.17) is 0 Å². The molecule has 0 aliphatic carbocycles. The number of piperazine rings is 1. The first-order chi connectivity index (χ1) is 15.0. The van der Waals surface area contributed by atoms with Gasteiger partial charge in [-0.15, -0.1) is 0 Å². The summed E-state index contributed by atoms with van der Waals surface area (Å²) in [5.41, 5.74) is 1.34. The normalized spacial score (nSPS) is 17.4. The zero-order valence-electron chi connectivity index (χ0n) is 18.9. The number of hydrogen-bond donors (Lipinski definition) is 0. The van der Waals surface area contributed by atoms with Crippen molar-refractivity contribution in [3.05, 3.63) is 24.3 Å². The molecule has 10 nitrogen and oxygen atoms in total. The zero-order valence-corrected chi connectivity index (χ0v) is 19.7. The topological polar surface area (TPSA) is 117 Å². The Kier molecular flexibility index (Phi) is 9.05. The fourth-order valence-corrected chi connectivity index (χ4v) is 4.53. The number of sulfonamides is 1. The summed E-state index contributed by atoms with van der Waals surface area (Å²) < 4.78 is 31.3. The first-order valence-electron chi connectivity index (χ1n) is 10.4. The van der Waals surface area contributed by atoms with E-state index >= 15 is 0 Å². The van der Waals surface area contributed by atoms with Crippen LogP contribution in [-0.2, 0) is 29.1 Å². The van der Waals surface area contributed by atoms with Crippen LogP contribution in [-0.4, -0.2) is 80.8 Å². The lowest BCUT2D eigenvalue weighted by molar-refractivity contribution is -0.145. The number of ketones is 1. The van der Waals surface area contributed by atoms with Crippen LogP contribution in [0.5, 0.6) is 0 Å². The van der Waals surface area contributed by atoms with Crippen molar-refractivity contribution in [3.63, 3.8) is 0 Å². The highest BCUT2D eigenvalue weighted by atomic mass is 32.2. The number of benzene rings is 1. The Morgan fingerprint density at radius 3 is 2.16 bits per heavy atom. The summed E-state index contributed by atoms with van der Waals surface area (Å²) >= 11 is 0. The van der Waals surface area contributed by atoms with Crippen LogP contribution in [0.15, 0.2) is 34.3 Å². The van der Waals surface area contributed by atoms with Crippen molar-refractivity contribution in [3.8, 4) is 0 Å². The highest BCUT2D eigenvalue weighted by Gasteiger charge is 2.28. The predicted octanol–water partition coefficient (Wildman–Crippen LogP) is 1.26. The van der Waals surface area contributed by atoms with Gasteiger partial charge in [0.1, 0.15) is 12.2 Å². The largest absolute Gasteiger partial charge is 0.466 e. The molecule has 2 heterocycles. The summed E-state index contributed by atoms with van der Waals surface area (Å²) in [5.74, 6) is -0.698. The number of rotatable bonds is 6. The molecule has 0 saturated carbocycles. The summed E-state index contributed by atoms with van der Waals surface area (Å²) in [4.78, 5) is 34.8. The molecular formula is C21H30N4O6S. The number of amides is 1. The Morgan fingerprint density at radius 1 is 1.09 bits per heavy atom. The maximum atomic E-state index is 12.6. The molecule has 1 amide bonds. The van der Waals surface area contributed by atoms with Gasteiger partial charge in [-0.1, -0.05) is 0 Å². The second-order valence-electron chi connectivity index (χ2n) is 7.60. The van der Waals surface area contributed by atoms with Crippen LogP contribution in [0, 0.1) is 0 Å². The van der Waals surface area contributed by atoms with Crippen LogP contribution >= 0.6 is 0 Å². The molecule has 1 saturated heterocycles. The maximum absolute atomic E-state index is 12.6. The average molecular weight is 467 g/mol. The smallest absolute Gasteiger partial charge is 0.313 e. The second kappa shape index (κ2) is 11.3. The monoisotopic (exact) mass is 466 g/mol. The SMILES string of the molecule is CC1=NN(c2ccc(S(=O)(=O)N3CCN(C)CC3)cc2)C(=O)C1.CCOC(=O)CC(C)=O. The lowest BCUT2D eigenvalue weighted by Gasteiger charge is -2.31. The number of hydrogen-bond acceptors (Lipinski definition) is 8. The lowest BCUT2D eigenvalue weighted by atomic mass is 10.3. The number of carbonyl (C=O) groups excluding carboxylic acids is 3. The third-order valence-electron chi connectivity index (χ3n) is 4.79. The molecule has 2 aliphatic heterocycles. The van der Waals surface area contributed by atoms with E-state index < -0.39 is 16.0 Å². The van der Waals surface area contributed by atoms with Crippen molar-refractivity contribution in [2.24, 2.45) is 5.10 Å². The van der Waals surface area contributed by atoms with Crippen LogP contribution in [0.25, 0.3) is 0 Å². The number of esters is 1. The summed E-state index contributed by atoms with van der Waals surface area (Å²) in [6.45, 7) is 7.65. The summed E-state index contributed by atoms with van der Waals surface area (Å²) in [7, 11) is -1.50. The van der Waals surface area contributed by atoms with Crippen LogP contribution < -0.4 is 5.01 Å². The van der Waals surface area contributed by atoms with Crippen LogP contribution in [0.3, 0.4) is 0 Å². The van der Waals surface area contributed by atoms with Crippen molar-refractivity contribution in [2.45, 2.75) is 38.5 Å². The summed E-state index contributed by atoms with van der Waals surface area (Å²) in [6.07, 6.45) is 0.204. The summed E-state index contributed by atoms with van der Waals surface area (Å²) in [6, 6.07) is 6.34. The molecule has 3 rings (SSSR count). The van der Waals surface area contributed by atoms with Gasteiger partial charge >= 0.3 is 5.97 Å². The molecule has 32 heavy (non-hydrogen) atoms. The van der Waals surface area contributed by atoms with Gasteiger partial charge in [0.05, 0.1) is 23.6 Å². The fourth-order valence-electron chi connectivity index (χ4n) is 3.11. The van der Waals surface area contributed by atoms with Crippen molar-refractivity contribution in [1.82, 2.24) is 9.21 Å². The van der Waals surface area contributed by atoms with E-state index in [0.29, 0.717) is 31.8 Å². The van der Waals surface area contributed by atoms with Crippen LogP contribution in [0.1, 0.15) is 33.6 Å². The van der Waals surface area contributed by atoms with E-state index in [-0.39, 0.29) is 23.0 Å². The molecule has 1 aromatic rings. The Morgan fingerprint density at radius 2 is 1.69 bits per heavy atom. The molecule has 0 atom stereocenters. The third kappa shape index (κ3) is 6.94. The Balaban J connectivity index is 0.000000344. The molecule has 0 aromatic heterocycles. The highest BCUT2D eigenvalue weighted by molar-refractivity contribution is 7.89. The minimum absolute atomic E-state index is 0.0998. The second-order valence-corrected chi connectivity index (χ2v) is 9.54. The molecule has 0 unspecified atom stereocenters. The molecule has 1 aromatic carbocycles. The third-order valence-corrected chi connectivity index (χ3v) is 6.71. The van der Waals surface area contributed by atoms with E-state index in [1.807, 2.05) is 7.05 Å². The van der Waals surface area contributed by atoms with Gasteiger partial charge in [-0.2, -0.15) is 9.41 Å². The molecule has 0 spiro atoms. The van der Waals surface area contributed by atoms with E-state index in [2.05, 4.69) is 14.7 Å². The number of ether oxygens (including phenoxy) is 1. The molecule has 0 N–H and O–H groups in total. The Bertz CT molecular complexity index is 967. The molecule has 0 bridgehead atoms. The zero-order chi connectivity index (χ0) is 23.9. The van der Waals surface area contributed by atoms with Gasteiger partial charge in [0, 0.05) is 31.9 Å². The molecule has 2 aliphatic rings. The van der Waals surface area contributed by atoms with Crippen LogP contribution in [0.2, 0.25) is 0 Å². The minimum atomic E-state index is -3.48. The van der Waals surface area contributed by atoms with E-state index in [0.717, 1.165) is 18.8 Å². The lowest BCUT2D eigenvalue weighted by Crippen LogP contribution is -2.46. The quantitative estimate of drug-likeness (QED) is 0.458. The van der Waals surface area contributed by atoms with E-state index in [1.54, 1.807) is 38.1 Å². The average Bonchev–Trinajstić information content (AvgIpc) is 3.06. The van der Waals surface area contributed by atoms with E-state index in [9.17, 15) is 22.8 Å². The molecule has 0 radical (unpaired) electrons. The fraction of sp³-hybridized carbons (Fsp3) is 0.524. The Hall–Kier alpha value is -2.63. The number of nitrogens with zero attached hydrogens (tertiary/aromatic N) is 4. The molecule has 11 heteroatoms. The van der Waals surface area contributed by atoms with Gasteiger partial charge < -0.3 is 9.64 Å². The maximum Gasteiger partial charge on any atom is 0.313 e. The number of carbonyl (C=O) groups is 3. The van der Waals surface area contributed by atoms with Crippen molar-refractivity contribution >= 4 is 39.1 Å². The first-order valence-corrected chi connectivity index (χ1v) is 11.8. The number of likely N-dealkylation sites (N-methyl/N-ethyl adjacent to an activating group) is 1. The standard InChI is InChI=1S/C15H20N4O3S.C6H10O3/c1-12-11-15(20)19(16-12)13-3-5-14(6-4-13)23(21,22)18-9-7-17(2)8-10-18;1-3-9-6(8)4-5(2)7/h3-6H,7-11H2,1-2H3;3-4H2,1-2H3.